The Morgan fingerprint density at radius 2 is 1.95 bits per heavy atom. The number of ether oxygens (including phenoxy) is 1. The van der Waals surface area contributed by atoms with Crippen LogP contribution in [-0.4, -0.2) is 18.6 Å². The van der Waals surface area contributed by atoms with Gasteiger partial charge in [0.05, 0.1) is 12.8 Å². The second kappa shape index (κ2) is 7.79. The first kappa shape index (κ1) is 15.5. The molecule has 112 valence electrons. The molecule has 1 unspecified atom stereocenters. The summed E-state index contributed by atoms with van der Waals surface area (Å²) in [7, 11) is 1.99. The molecule has 0 fully saturated rings. The van der Waals surface area contributed by atoms with Crippen molar-refractivity contribution in [3.05, 3.63) is 59.4 Å². The fourth-order valence-corrected chi connectivity index (χ4v) is 2.42. The van der Waals surface area contributed by atoms with Crippen molar-refractivity contribution in [2.24, 2.45) is 0 Å². The number of aromatic nitrogens is 1. The van der Waals surface area contributed by atoms with Gasteiger partial charge in [-0.15, -0.1) is 0 Å². The van der Waals surface area contributed by atoms with Crippen LogP contribution in [0.5, 0.6) is 5.75 Å². The van der Waals surface area contributed by atoms with E-state index in [1.165, 1.54) is 16.7 Å². The molecule has 0 aliphatic rings. The summed E-state index contributed by atoms with van der Waals surface area (Å²) >= 11 is 0. The predicted molar refractivity (Wildman–Crippen MR) is 86.7 cm³/mol. The number of rotatable bonds is 7. The molecule has 0 radical (unpaired) electrons. The quantitative estimate of drug-likeness (QED) is 0.842. The Bertz CT molecular complexity index is 551. The molecule has 0 bridgehead atoms. The molecule has 0 saturated heterocycles. The highest BCUT2D eigenvalue weighted by Crippen LogP contribution is 2.22. The van der Waals surface area contributed by atoms with Gasteiger partial charge in [0.25, 0.3) is 0 Å². The highest BCUT2D eigenvalue weighted by atomic mass is 16.5. The molecular weight excluding hydrogens is 260 g/mol. The molecule has 1 heterocycles. The van der Waals surface area contributed by atoms with Crippen molar-refractivity contribution in [2.75, 3.05) is 13.7 Å². The third kappa shape index (κ3) is 4.57. The molecule has 2 aromatic rings. The summed E-state index contributed by atoms with van der Waals surface area (Å²) in [6.45, 7) is 4.77. The van der Waals surface area contributed by atoms with E-state index >= 15 is 0 Å². The lowest BCUT2D eigenvalue weighted by Gasteiger charge is -2.17. The van der Waals surface area contributed by atoms with Gasteiger partial charge >= 0.3 is 0 Å². The van der Waals surface area contributed by atoms with Crippen molar-refractivity contribution in [3.8, 4) is 5.75 Å². The third-order valence-electron chi connectivity index (χ3n) is 3.64. The Hall–Kier alpha value is -1.87. The van der Waals surface area contributed by atoms with Crippen LogP contribution in [0, 0.1) is 6.92 Å². The average molecular weight is 284 g/mol. The van der Waals surface area contributed by atoms with Gasteiger partial charge in [-0.1, -0.05) is 29.8 Å². The third-order valence-corrected chi connectivity index (χ3v) is 3.64. The van der Waals surface area contributed by atoms with Gasteiger partial charge in [0, 0.05) is 12.2 Å². The van der Waals surface area contributed by atoms with Gasteiger partial charge in [-0.3, -0.25) is 4.98 Å². The van der Waals surface area contributed by atoms with E-state index < -0.39 is 0 Å². The molecule has 1 aromatic carbocycles. The molecule has 2 rings (SSSR count). The fraction of sp³-hybridized carbons (Fsp3) is 0.389. The summed E-state index contributed by atoms with van der Waals surface area (Å²) in [4.78, 5) is 4.27. The maximum Gasteiger partial charge on any atom is 0.137 e. The zero-order chi connectivity index (χ0) is 15.1. The van der Waals surface area contributed by atoms with Crippen LogP contribution < -0.4 is 10.1 Å². The molecule has 0 aliphatic carbocycles. The number of pyridine rings is 1. The Kier molecular flexibility index (Phi) is 5.76. The van der Waals surface area contributed by atoms with E-state index in [4.69, 9.17) is 4.74 Å². The van der Waals surface area contributed by atoms with E-state index in [0.29, 0.717) is 12.6 Å². The number of hydrogen-bond acceptors (Lipinski definition) is 3. The van der Waals surface area contributed by atoms with Gasteiger partial charge in [-0.25, -0.2) is 0 Å². The van der Waals surface area contributed by atoms with E-state index in [2.05, 4.69) is 47.6 Å². The Labute approximate surface area is 127 Å². The minimum absolute atomic E-state index is 0.291. The molecule has 1 aromatic heterocycles. The van der Waals surface area contributed by atoms with Crippen molar-refractivity contribution >= 4 is 0 Å². The summed E-state index contributed by atoms with van der Waals surface area (Å²) in [6.07, 6.45) is 5.76. The minimum atomic E-state index is 0.291. The van der Waals surface area contributed by atoms with Crippen LogP contribution in [0.2, 0.25) is 0 Å². The molecular formula is C18H24N2O. The normalized spacial score (nSPS) is 12.1. The maximum absolute atomic E-state index is 5.53. The zero-order valence-electron chi connectivity index (χ0n) is 13.1. The van der Waals surface area contributed by atoms with Gasteiger partial charge < -0.3 is 10.1 Å². The molecule has 0 saturated carbocycles. The highest BCUT2D eigenvalue weighted by Gasteiger charge is 2.11. The van der Waals surface area contributed by atoms with Crippen LogP contribution in [0.15, 0.2) is 42.7 Å². The number of benzene rings is 1. The first-order valence-electron chi connectivity index (χ1n) is 7.53. The standard InChI is InChI=1S/C18H24N2O/c1-4-21-17-11-16(12-20-13-17)18(19-3)10-9-15-7-5-14(2)6-8-15/h5-8,11-13,18-19H,4,9-10H2,1-3H3. The Balaban J connectivity index is 2.02. The number of nitrogens with one attached hydrogen (secondary N) is 1. The van der Waals surface area contributed by atoms with E-state index in [0.717, 1.165) is 18.6 Å². The Morgan fingerprint density at radius 1 is 1.19 bits per heavy atom. The molecule has 1 N–H and O–H groups in total. The summed E-state index contributed by atoms with van der Waals surface area (Å²) in [5, 5.41) is 3.37. The van der Waals surface area contributed by atoms with Crippen LogP contribution in [-0.2, 0) is 6.42 Å². The first-order chi connectivity index (χ1) is 10.2. The van der Waals surface area contributed by atoms with Gasteiger partial charge in [0.2, 0.25) is 0 Å². The van der Waals surface area contributed by atoms with Gasteiger partial charge in [0.15, 0.2) is 0 Å². The summed E-state index contributed by atoms with van der Waals surface area (Å²) in [6, 6.07) is 11.1. The predicted octanol–water partition coefficient (Wildman–Crippen LogP) is 3.68. The molecule has 0 amide bonds. The lowest BCUT2D eigenvalue weighted by molar-refractivity contribution is 0.338. The van der Waals surface area contributed by atoms with Gasteiger partial charge in [0.1, 0.15) is 5.75 Å². The van der Waals surface area contributed by atoms with E-state index in [1.54, 1.807) is 6.20 Å². The molecule has 0 spiro atoms. The van der Waals surface area contributed by atoms with Crippen LogP contribution in [0.25, 0.3) is 0 Å². The number of nitrogens with zero attached hydrogens (tertiary/aromatic N) is 1. The van der Waals surface area contributed by atoms with E-state index in [-0.39, 0.29) is 0 Å². The van der Waals surface area contributed by atoms with Crippen LogP contribution >= 0.6 is 0 Å². The maximum atomic E-state index is 5.53. The largest absolute Gasteiger partial charge is 0.492 e. The van der Waals surface area contributed by atoms with Gasteiger partial charge in [-0.2, -0.15) is 0 Å². The number of aryl methyl sites for hydroxylation is 2. The van der Waals surface area contributed by atoms with Crippen molar-refractivity contribution < 1.29 is 4.74 Å². The molecule has 0 aliphatic heterocycles. The van der Waals surface area contributed by atoms with Crippen LogP contribution in [0.3, 0.4) is 0 Å². The molecule has 3 heteroatoms. The summed E-state index contributed by atoms with van der Waals surface area (Å²) in [5.74, 6) is 0.839. The SMILES string of the molecule is CCOc1cncc(C(CCc2ccc(C)cc2)NC)c1. The molecule has 21 heavy (non-hydrogen) atoms. The minimum Gasteiger partial charge on any atom is -0.492 e. The zero-order valence-corrected chi connectivity index (χ0v) is 13.1. The Morgan fingerprint density at radius 3 is 2.62 bits per heavy atom. The highest BCUT2D eigenvalue weighted by molar-refractivity contribution is 5.27. The smallest absolute Gasteiger partial charge is 0.137 e. The summed E-state index contributed by atoms with van der Waals surface area (Å²) in [5.41, 5.74) is 3.85. The second-order valence-electron chi connectivity index (χ2n) is 5.25. The second-order valence-corrected chi connectivity index (χ2v) is 5.25. The topological polar surface area (TPSA) is 34.1 Å². The fourth-order valence-electron chi connectivity index (χ4n) is 2.42. The van der Waals surface area contributed by atoms with Crippen molar-refractivity contribution in [3.63, 3.8) is 0 Å². The lowest BCUT2D eigenvalue weighted by atomic mass is 10.00. The summed E-state index contributed by atoms with van der Waals surface area (Å²) < 4.78 is 5.53. The monoisotopic (exact) mass is 284 g/mol. The van der Waals surface area contributed by atoms with Crippen LogP contribution in [0.1, 0.15) is 36.1 Å². The molecule has 1 atom stereocenters. The van der Waals surface area contributed by atoms with Crippen molar-refractivity contribution in [1.82, 2.24) is 10.3 Å². The first-order valence-corrected chi connectivity index (χ1v) is 7.53. The van der Waals surface area contributed by atoms with Gasteiger partial charge in [-0.05, 0) is 50.9 Å². The van der Waals surface area contributed by atoms with Crippen molar-refractivity contribution in [2.45, 2.75) is 32.7 Å². The number of hydrogen-bond donors (Lipinski definition) is 1. The lowest BCUT2D eigenvalue weighted by Crippen LogP contribution is -2.17. The van der Waals surface area contributed by atoms with E-state index in [1.807, 2.05) is 20.2 Å². The van der Waals surface area contributed by atoms with Crippen LogP contribution in [0.4, 0.5) is 0 Å². The molecule has 3 nitrogen and oxygen atoms in total. The average Bonchev–Trinajstić information content (AvgIpc) is 2.50. The van der Waals surface area contributed by atoms with Crippen molar-refractivity contribution in [1.29, 1.82) is 0 Å². The van der Waals surface area contributed by atoms with E-state index in [9.17, 15) is 0 Å².